The smallest absolute Gasteiger partial charge is 1.00 e. The molecule has 0 saturated carbocycles. The minimum atomic E-state index is 0. The SMILES string of the molecule is CCCCC(CC)[CH2][Sn+3].[F-].[F-].[F-]. The Hall–Kier alpha value is 0.589. The fourth-order valence-electron chi connectivity index (χ4n) is 0.943. The molecule has 0 aromatic rings. The summed E-state index contributed by atoms with van der Waals surface area (Å²) in [7, 11) is 0. The van der Waals surface area contributed by atoms with Gasteiger partial charge < -0.3 is 14.1 Å². The van der Waals surface area contributed by atoms with Gasteiger partial charge in [0.1, 0.15) is 0 Å². The average molecular weight is 289 g/mol. The van der Waals surface area contributed by atoms with Crippen LogP contribution in [0.5, 0.6) is 0 Å². The van der Waals surface area contributed by atoms with Crippen molar-refractivity contribution < 1.29 is 14.1 Å². The third-order valence-corrected chi connectivity index (χ3v) is 3.48. The molecule has 0 saturated heterocycles. The number of halogens is 3. The summed E-state index contributed by atoms with van der Waals surface area (Å²) in [4.78, 5) is 0. The molecule has 0 aliphatic heterocycles. The van der Waals surface area contributed by atoms with Gasteiger partial charge in [0.15, 0.2) is 0 Å². The van der Waals surface area contributed by atoms with Crippen molar-refractivity contribution in [2.45, 2.75) is 44.0 Å². The second kappa shape index (κ2) is 17.6. The van der Waals surface area contributed by atoms with Gasteiger partial charge in [-0.05, 0) is 0 Å². The van der Waals surface area contributed by atoms with Crippen LogP contribution in [0.15, 0.2) is 0 Å². The molecule has 1 unspecified atom stereocenters. The first-order valence-electron chi connectivity index (χ1n) is 3.99. The molecule has 0 N–H and O–H groups in total. The maximum atomic E-state index is 2.31. The summed E-state index contributed by atoms with van der Waals surface area (Å²) in [6.07, 6.45) is 5.67. The van der Waals surface area contributed by atoms with Crippen LogP contribution in [-0.4, -0.2) is 22.5 Å². The van der Waals surface area contributed by atoms with E-state index in [0.29, 0.717) is 0 Å². The van der Waals surface area contributed by atoms with E-state index in [2.05, 4.69) is 13.8 Å². The molecule has 0 aliphatic carbocycles. The van der Waals surface area contributed by atoms with Crippen molar-refractivity contribution in [1.82, 2.24) is 0 Å². The average Bonchev–Trinajstić information content (AvgIpc) is 1.91. The van der Waals surface area contributed by atoms with E-state index in [1.54, 1.807) is 22.5 Å². The summed E-state index contributed by atoms with van der Waals surface area (Å²) in [6.45, 7) is 4.58. The summed E-state index contributed by atoms with van der Waals surface area (Å²) >= 11 is 1.71. The quantitative estimate of drug-likeness (QED) is 0.442. The molecular formula is C8H17F3Sn. The van der Waals surface area contributed by atoms with Crippen LogP contribution in [0.4, 0.5) is 0 Å². The van der Waals surface area contributed by atoms with Crippen LogP contribution in [0.2, 0.25) is 4.44 Å². The van der Waals surface area contributed by atoms with Crippen LogP contribution in [0.3, 0.4) is 0 Å². The molecular weight excluding hydrogens is 272 g/mol. The Labute approximate surface area is 86.7 Å². The molecule has 0 aliphatic rings. The van der Waals surface area contributed by atoms with Crippen LogP contribution in [0.1, 0.15) is 39.5 Å². The molecule has 0 aromatic carbocycles. The topological polar surface area (TPSA) is 0 Å². The molecule has 0 amide bonds. The maximum Gasteiger partial charge on any atom is -1.00 e. The molecule has 0 nitrogen and oxygen atoms in total. The fourth-order valence-corrected chi connectivity index (χ4v) is 2.35. The number of unbranched alkanes of at least 4 members (excludes halogenated alkanes) is 1. The second-order valence-corrected chi connectivity index (χ2v) is 3.79. The molecule has 0 spiro atoms. The summed E-state index contributed by atoms with van der Waals surface area (Å²) in [6, 6.07) is 0. The molecule has 0 heterocycles. The zero-order valence-electron chi connectivity index (χ0n) is 7.75. The van der Waals surface area contributed by atoms with Crippen LogP contribution in [0, 0.1) is 5.92 Å². The molecule has 0 aromatic heterocycles. The molecule has 1 atom stereocenters. The van der Waals surface area contributed by atoms with Crippen molar-refractivity contribution in [2.24, 2.45) is 5.92 Å². The molecule has 12 heavy (non-hydrogen) atoms. The van der Waals surface area contributed by atoms with Crippen molar-refractivity contribution in [3.8, 4) is 0 Å². The normalized spacial score (nSPS) is 10.3. The molecule has 74 valence electrons. The summed E-state index contributed by atoms with van der Waals surface area (Å²) in [5, 5.41) is 0. The first-order valence-corrected chi connectivity index (χ1v) is 6.01. The van der Waals surface area contributed by atoms with E-state index < -0.39 is 0 Å². The van der Waals surface area contributed by atoms with Gasteiger partial charge in [0.2, 0.25) is 0 Å². The van der Waals surface area contributed by atoms with E-state index in [9.17, 15) is 0 Å². The molecule has 0 bridgehead atoms. The monoisotopic (exact) mass is 290 g/mol. The third kappa shape index (κ3) is 13.2. The molecule has 0 radical (unpaired) electrons. The van der Waals surface area contributed by atoms with Crippen LogP contribution in [0.25, 0.3) is 0 Å². The van der Waals surface area contributed by atoms with Gasteiger partial charge >= 0.3 is 72.4 Å². The van der Waals surface area contributed by atoms with Gasteiger partial charge in [0.05, 0.1) is 0 Å². The largest absolute Gasteiger partial charge is 1.00 e. The van der Waals surface area contributed by atoms with E-state index in [0.717, 1.165) is 5.92 Å². The Kier molecular flexibility index (Phi) is 33.6. The number of rotatable bonds is 5. The Bertz CT molecular complexity index is 58.3. The van der Waals surface area contributed by atoms with Gasteiger partial charge in [0, 0.05) is 0 Å². The standard InChI is InChI=1S/C8H17.3FH.Sn/c1-4-6-7-8(3)5-2;;;;/h8H,3-7H2,1-2H3;3*1H;/q;;;;+3/p-3. The third-order valence-electron chi connectivity index (χ3n) is 1.83. The second-order valence-electron chi connectivity index (χ2n) is 2.62. The van der Waals surface area contributed by atoms with Gasteiger partial charge in [-0.2, -0.15) is 0 Å². The predicted octanol–water partition coefficient (Wildman–Crippen LogP) is -6.20. The van der Waals surface area contributed by atoms with Gasteiger partial charge in [-0.25, -0.2) is 0 Å². The van der Waals surface area contributed by atoms with Crippen LogP contribution < -0.4 is 14.1 Å². The van der Waals surface area contributed by atoms with Gasteiger partial charge in [0.25, 0.3) is 0 Å². The van der Waals surface area contributed by atoms with Crippen molar-refractivity contribution >= 4 is 22.5 Å². The Morgan fingerprint density at radius 3 is 1.83 bits per heavy atom. The predicted molar refractivity (Wildman–Crippen MR) is 43.9 cm³/mol. The van der Waals surface area contributed by atoms with E-state index >= 15 is 0 Å². The summed E-state index contributed by atoms with van der Waals surface area (Å²) < 4.78 is 1.46. The summed E-state index contributed by atoms with van der Waals surface area (Å²) in [5.74, 6) is 1.04. The molecule has 0 rings (SSSR count). The van der Waals surface area contributed by atoms with Crippen molar-refractivity contribution in [2.75, 3.05) is 0 Å². The van der Waals surface area contributed by atoms with Crippen molar-refractivity contribution in [1.29, 1.82) is 0 Å². The maximum absolute atomic E-state index is 2.31. The zero-order chi connectivity index (χ0) is 7.11. The first-order chi connectivity index (χ1) is 4.35. The summed E-state index contributed by atoms with van der Waals surface area (Å²) in [5.41, 5.74) is 0. The number of hydrogen-bond acceptors (Lipinski definition) is 0. The van der Waals surface area contributed by atoms with E-state index in [4.69, 9.17) is 0 Å². The van der Waals surface area contributed by atoms with Crippen molar-refractivity contribution in [3.05, 3.63) is 0 Å². The number of hydrogen-bond donors (Lipinski definition) is 0. The molecule has 4 heteroatoms. The first kappa shape index (κ1) is 22.9. The fraction of sp³-hybridized carbons (Fsp3) is 1.00. The Morgan fingerprint density at radius 2 is 1.58 bits per heavy atom. The van der Waals surface area contributed by atoms with E-state index in [1.165, 1.54) is 30.1 Å². The molecule has 0 fully saturated rings. The Morgan fingerprint density at radius 1 is 1.08 bits per heavy atom. The van der Waals surface area contributed by atoms with Crippen LogP contribution in [-0.2, 0) is 0 Å². The van der Waals surface area contributed by atoms with Gasteiger partial charge in [-0.1, -0.05) is 0 Å². The van der Waals surface area contributed by atoms with Gasteiger partial charge in [-0.3, -0.25) is 0 Å². The van der Waals surface area contributed by atoms with Gasteiger partial charge in [-0.15, -0.1) is 0 Å². The van der Waals surface area contributed by atoms with Crippen molar-refractivity contribution in [3.63, 3.8) is 0 Å². The zero-order valence-corrected chi connectivity index (χ0v) is 10.6. The minimum absolute atomic E-state index is 0. The van der Waals surface area contributed by atoms with E-state index in [-0.39, 0.29) is 14.1 Å². The minimum Gasteiger partial charge on any atom is -1.00 e. The Balaban J connectivity index is -0.000000107. The van der Waals surface area contributed by atoms with E-state index in [1.807, 2.05) is 0 Å². The van der Waals surface area contributed by atoms with Crippen LogP contribution >= 0.6 is 0 Å².